The standard InChI is InChI=1S/C21H20N4O2/c26-20-10-5-11-25(20)19-9-4-8-18(12-19)23-21(27)17-13-22-24(15-17)14-16-6-2-1-3-7-16/h1-4,6-9,12-13,15H,5,10-11,14H2,(H,23,27). The number of benzene rings is 2. The lowest BCUT2D eigenvalue weighted by atomic mass is 10.2. The summed E-state index contributed by atoms with van der Waals surface area (Å²) in [7, 11) is 0. The molecule has 4 rings (SSSR count). The van der Waals surface area contributed by atoms with Crippen molar-refractivity contribution in [3.8, 4) is 0 Å². The maximum Gasteiger partial charge on any atom is 0.258 e. The average Bonchev–Trinajstić information content (AvgIpc) is 3.32. The Balaban J connectivity index is 1.44. The van der Waals surface area contributed by atoms with Gasteiger partial charge in [-0.25, -0.2) is 0 Å². The summed E-state index contributed by atoms with van der Waals surface area (Å²) in [4.78, 5) is 26.2. The van der Waals surface area contributed by atoms with E-state index in [2.05, 4.69) is 10.4 Å². The largest absolute Gasteiger partial charge is 0.322 e. The Morgan fingerprint density at radius 3 is 2.74 bits per heavy atom. The van der Waals surface area contributed by atoms with Gasteiger partial charge in [-0.1, -0.05) is 36.4 Å². The molecule has 1 fully saturated rings. The molecule has 2 heterocycles. The predicted molar refractivity (Wildman–Crippen MR) is 104 cm³/mol. The van der Waals surface area contributed by atoms with Crippen molar-refractivity contribution in [3.63, 3.8) is 0 Å². The summed E-state index contributed by atoms with van der Waals surface area (Å²) in [6, 6.07) is 17.3. The fourth-order valence-electron chi connectivity index (χ4n) is 3.21. The number of aromatic nitrogens is 2. The summed E-state index contributed by atoms with van der Waals surface area (Å²) in [5.74, 6) is -0.0973. The molecule has 0 radical (unpaired) electrons. The maximum atomic E-state index is 12.5. The molecule has 0 aliphatic carbocycles. The minimum atomic E-state index is -0.223. The Labute approximate surface area is 157 Å². The fraction of sp³-hybridized carbons (Fsp3) is 0.190. The average molecular weight is 360 g/mol. The van der Waals surface area contributed by atoms with Gasteiger partial charge in [0.05, 0.1) is 18.3 Å². The minimum absolute atomic E-state index is 0.126. The molecular weight excluding hydrogens is 340 g/mol. The SMILES string of the molecule is O=C(Nc1cccc(N2CCCC2=O)c1)c1cnn(Cc2ccccc2)c1. The zero-order valence-corrected chi connectivity index (χ0v) is 14.8. The van der Waals surface area contributed by atoms with E-state index in [-0.39, 0.29) is 11.8 Å². The van der Waals surface area contributed by atoms with E-state index in [9.17, 15) is 9.59 Å². The highest BCUT2D eigenvalue weighted by atomic mass is 16.2. The molecule has 0 saturated carbocycles. The minimum Gasteiger partial charge on any atom is -0.322 e. The Hall–Kier alpha value is -3.41. The van der Waals surface area contributed by atoms with Gasteiger partial charge in [0.1, 0.15) is 0 Å². The highest BCUT2D eigenvalue weighted by molar-refractivity contribution is 6.04. The summed E-state index contributed by atoms with van der Waals surface area (Å²) >= 11 is 0. The first kappa shape index (κ1) is 17.0. The van der Waals surface area contributed by atoms with Crippen molar-refractivity contribution >= 4 is 23.2 Å². The van der Waals surface area contributed by atoms with E-state index >= 15 is 0 Å². The number of anilines is 2. The van der Waals surface area contributed by atoms with Crippen LogP contribution in [0.15, 0.2) is 67.0 Å². The van der Waals surface area contributed by atoms with E-state index in [0.717, 1.165) is 24.2 Å². The molecule has 3 aromatic rings. The summed E-state index contributed by atoms with van der Waals surface area (Å²) in [6.45, 7) is 1.34. The van der Waals surface area contributed by atoms with Crippen molar-refractivity contribution in [1.29, 1.82) is 0 Å². The van der Waals surface area contributed by atoms with Crippen LogP contribution in [0.1, 0.15) is 28.8 Å². The van der Waals surface area contributed by atoms with Gasteiger partial charge in [0.25, 0.3) is 5.91 Å². The number of nitrogens with zero attached hydrogens (tertiary/aromatic N) is 3. The van der Waals surface area contributed by atoms with Gasteiger partial charge in [-0.3, -0.25) is 14.3 Å². The van der Waals surface area contributed by atoms with Gasteiger partial charge in [0.15, 0.2) is 0 Å². The third-order valence-electron chi connectivity index (χ3n) is 4.57. The Morgan fingerprint density at radius 2 is 1.96 bits per heavy atom. The highest BCUT2D eigenvalue weighted by Crippen LogP contribution is 2.24. The molecule has 0 spiro atoms. The van der Waals surface area contributed by atoms with Crippen LogP contribution in [-0.4, -0.2) is 28.1 Å². The second kappa shape index (κ2) is 7.45. The molecule has 27 heavy (non-hydrogen) atoms. The molecule has 1 aliphatic heterocycles. The lowest BCUT2D eigenvalue weighted by Crippen LogP contribution is -2.23. The van der Waals surface area contributed by atoms with E-state index in [1.807, 2.05) is 54.6 Å². The maximum absolute atomic E-state index is 12.5. The van der Waals surface area contributed by atoms with Crippen molar-refractivity contribution in [2.45, 2.75) is 19.4 Å². The first-order valence-corrected chi connectivity index (χ1v) is 8.97. The molecule has 136 valence electrons. The zero-order valence-electron chi connectivity index (χ0n) is 14.8. The lowest BCUT2D eigenvalue weighted by Gasteiger charge is -2.16. The summed E-state index contributed by atoms with van der Waals surface area (Å²) < 4.78 is 1.74. The zero-order chi connectivity index (χ0) is 18.6. The van der Waals surface area contributed by atoms with Crippen LogP contribution in [0.3, 0.4) is 0 Å². The van der Waals surface area contributed by atoms with Gasteiger partial charge in [-0.05, 0) is 30.2 Å². The van der Waals surface area contributed by atoms with Crippen molar-refractivity contribution in [2.24, 2.45) is 0 Å². The molecule has 1 saturated heterocycles. The summed E-state index contributed by atoms with van der Waals surface area (Å²) in [5, 5.41) is 7.15. The molecule has 1 aromatic heterocycles. The van der Waals surface area contributed by atoms with Crippen LogP contribution in [0.4, 0.5) is 11.4 Å². The molecule has 2 amide bonds. The van der Waals surface area contributed by atoms with E-state index in [1.54, 1.807) is 22.0 Å². The van der Waals surface area contributed by atoms with E-state index in [0.29, 0.717) is 24.2 Å². The number of nitrogens with one attached hydrogen (secondary N) is 1. The van der Waals surface area contributed by atoms with E-state index in [1.165, 1.54) is 0 Å². The van der Waals surface area contributed by atoms with Crippen LogP contribution in [0.5, 0.6) is 0 Å². The summed E-state index contributed by atoms with van der Waals surface area (Å²) in [5.41, 5.74) is 3.09. The quantitative estimate of drug-likeness (QED) is 0.759. The Morgan fingerprint density at radius 1 is 1.11 bits per heavy atom. The number of carbonyl (C=O) groups is 2. The molecular formula is C21H20N4O2. The number of hydrogen-bond donors (Lipinski definition) is 1. The smallest absolute Gasteiger partial charge is 0.258 e. The van der Waals surface area contributed by atoms with Crippen molar-refractivity contribution in [2.75, 3.05) is 16.8 Å². The number of hydrogen-bond acceptors (Lipinski definition) is 3. The van der Waals surface area contributed by atoms with E-state index < -0.39 is 0 Å². The molecule has 0 bridgehead atoms. The van der Waals surface area contributed by atoms with Crippen molar-refractivity contribution in [1.82, 2.24) is 9.78 Å². The summed E-state index contributed by atoms with van der Waals surface area (Å²) in [6.07, 6.45) is 4.75. The van der Waals surface area contributed by atoms with Crippen molar-refractivity contribution < 1.29 is 9.59 Å². The van der Waals surface area contributed by atoms with Gasteiger partial charge < -0.3 is 10.2 Å². The van der Waals surface area contributed by atoms with Crippen LogP contribution in [0.2, 0.25) is 0 Å². The number of carbonyl (C=O) groups excluding carboxylic acids is 2. The number of rotatable bonds is 5. The molecule has 0 unspecified atom stereocenters. The van der Waals surface area contributed by atoms with Gasteiger partial charge in [0, 0.05) is 30.5 Å². The third kappa shape index (κ3) is 3.89. The molecule has 2 aromatic carbocycles. The molecule has 1 N–H and O–H groups in total. The molecule has 6 heteroatoms. The normalized spacial score (nSPS) is 13.8. The monoisotopic (exact) mass is 360 g/mol. The third-order valence-corrected chi connectivity index (χ3v) is 4.57. The Bertz CT molecular complexity index is 965. The van der Waals surface area contributed by atoms with Gasteiger partial charge >= 0.3 is 0 Å². The van der Waals surface area contributed by atoms with E-state index in [4.69, 9.17) is 0 Å². The fourth-order valence-corrected chi connectivity index (χ4v) is 3.21. The highest BCUT2D eigenvalue weighted by Gasteiger charge is 2.21. The lowest BCUT2D eigenvalue weighted by molar-refractivity contribution is -0.117. The second-order valence-electron chi connectivity index (χ2n) is 6.57. The van der Waals surface area contributed by atoms with Gasteiger partial charge in [-0.15, -0.1) is 0 Å². The van der Waals surface area contributed by atoms with Crippen LogP contribution < -0.4 is 10.2 Å². The predicted octanol–water partition coefficient (Wildman–Crippen LogP) is 3.31. The number of amides is 2. The van der Waals surface area contributed by atoms with Crippen LogP contribution >= 0.6 is 0 Å². The first-order chi connectivity index (χ1) is 13.2. The van der Waals surface area contributed by atoms with Crippen LogP contribution in [0, 0.1) is 0 Å². The molecule has 1 aliphatic rings. The van der Waals surface area contributed by atoms with Gasteiger partial charge in [-0.2, -0.15) is 5.10 Å². The van der Waals surface area contributed by atoms with Crippen LogP contribution in [-0.2, 0) is 11.3 Å². The molecule has 0 atom stereocenters. The first-order valence-electron chi connectivity index (χ1n) is 8.97. The molecule has 6 nitrogen and oxygen atoms in total. The van der Waals surface area contributed by atoms with Gasteiger partial charge in [0.2, 0.25) is 5.91 Å². The second-order valence-corrected chi connectivity index (χ2v) is 6.57. The van der Waals surface area contributed by atoms with Crippen molar-refractivity contribution in [3.05, 3.63) is 78.1 Å². The Kier molecular flexibility index (Phi) is 4.70. The van der Waals surface area contributed by atoms with Crippen LogP contribution in [0.25, 0.3) is 0 Å². The topological polar surface area (TPSA) is 67.2 Å².